The molecule has 27 heavy (non-hydrogen) atoms. The van der Waals surface area contributed by atoms with Gasteiger partial charge in [-0.3, -0.25) is 10.5 Å². The number of hydrogen-bond donors (Lipinski definition) is 2. The van der Waals surface area contributed by atoms with Crippen molar-refractivity contribution in [2.75, 3.05) is 0 Å². The van der Waals surface area contributed by atoms with Crippen LogP contribution >= 0.6 is 35.0 Å². The van der Waals surface area contributed by atoms with Crippen molar-refractivity contribution in [3.63, 3.8) is 0 Å². The molecular formula is C16H16Cl2F4O3S2. The van der Waals surface area contributed by atoms with Crippen molar-refractivity contribution >= 4 is 45.8 Å². The number of alkyl halides is 4. The van der Waals surface area contributed by atoms with Crippen molar-refractivity contribution in [1.29, 1.82) is 0 Å². The smallest absolute Gasteiger partial charge is 0.255 e. The van der Waals surface area contributed by atoms with E-state index in [-0.39, 0.29) is 4.90 Å². The van der Waals surface area contributed by atoms with Crippen LogP contribution in [0.15, 0.2) is 58.3 Å². The molecule has 0 saturated carbocycles. The molecule has 0 amide bonds. The zero-order chi connectivity index (χ0) is 21.3. The number of hydrogen-bond acceptors (Lipinski definition) is 4. The van der Waals surface area contributed by atoms with Gasteiger partial charge < -0.3 is 0 Å². The number of thioether (sulfide) groups is 1. The SMILES string of the molecule is CC(F)(F)S(=O)c1ccc(Cl)cc1.CC(F)(F)Sc1ccc(Cl)cc1.OO. The predicted octanol–water partition coefficient (Wildman–Crippen LogP) is 7.12. The molecule has 0 bridgehead atoms. The molecule has 0 fully saturated rings. The van der Waals surface area contributed by atoms with E-state index in [1.165, 1.54) is 24.3 Å². The van der Waals surface area contributed by atoms with Crippen molar-refractivity contribution in [2.24, 2.45) is 0 Å². The summed E-state index contributed by atoms with van der Waals surface area (Å²) < 4.78 is 61.1. The van der Waals surface area contributed by atoms with Crippen molar-refractivity contribution < 1.29 is 32.3 Å². The van der Waals surface area contributed by atoms with E-state index in [0.29, 0.717) is 33.6 Å². The summed E-state index contributed by atoms with van der Waals surface area (Å²) in [7, 11) is -2.30. The van der Waals surface area contributed by atoms with Crippen LogP contribution in [0.5, 0.6) is 0 Å². The van der Waals surface area contributed by atoms with Crippen molar-refractivity contribution in [2.45, 2.75) is 34.1 Å². The van der Waals surface area contributed by atoms with Gasteiger partial charge in [0.05, 0.1) is 0 Å². The van der Waals surface area contributed by atoms with Crippen LogP contribution in [0.4, 0.5) is 17.6 Å². The van der Waals surface area contributed by atoms with Gasteiger partial charge in [-0.2, -0.15) is 17.6 Å². The van der Waals surface area contributed by atoms with E-state index in [1.807, 2.05) is 0 Å². The molecule has 152 valence electrons. The molecule has 0 heterocycles. The molecule has 0 aliphatic rings. The maximum atomic E-state index is 12.6. The molecule has 0 saturated heterocycles. The van der Waals surface area contributed by atoms with Crippen LogP contribution in [0.25, 0.3) is 0 Å². The first-order chi connectivity index (χ1) is 12.4. The average Bonchev–Trinajstić information content (AvgIpc) is 2.57. The molecule has 0 spiro atoms. The summed E-state index contributed by atoms with van der Waals surface area (Å²) in [4.78, 5) is 0.601. The Balaban J connectivity index is 0.000000460. The van der Waals surface area contributed by atoms with Crippen LogP contribution in [0, 0.1) is 0 Å². The van der Waals surface area contributed by atoms with Crippen LogP contribution in [0.2, 0.25) is 10.0 Å². The highest BCUT2D eigenvalue weighted by molar-refractivity contribution is 8.00. The van der Waals surface area contributed by atoms with Crippen LogP contribution < -0.4 is 0 Å². The van der Waals surface area contributed by atoms with Gasteiger partial charge in [0, 0.05) is 33.7 Å². The second kappa shape index (κ2) is 11.9. The average molecular weight is 467 g/mol. The van der Waals surface area contributed by atoms with Gasteiger partial charge in [0.15, 0.2) is 0 Å². The molecule has 0 aromatic heterocycles. The van der Waals surface area contributed by atoms with Crippen molar-refractivity contribution in [3.05, 3.63) is 58.6 Å². The Labute approximate surface area is 170 Å². The third kappa shape index (κ3) is 11.6. The molecule has 11 heteroatoms. The lowest BCUT2D eigenvalue weighted by atomic mass is 10.4. The first-order valence-electron chi connectivity index (χ1n) is 6.96. The molecule has 3 nitrogen and oxygen atoms in total. The fraction of sp³-hybridized carbons (Fsp3) is 0.250. The molecule has 2 aromatic carbocycles. The Morgan fingerprint density at radius 1 is 0.852 bits per heavy atom. The Hall–Kier alpha value is -0.840. The highest BCUT2D eigenvalue weighted by Crippen LogP contribution is 2.35. The molecular weight excluding hydrogens is 451 g/mol. The zero-order valence-corrected chi connectivity index (χ0v) is 17.2. The minimum atomic E-state index is -3.21. The predicted molar refractivity (Wildman–Crippen MR) is 102 cm³/mol. The lowest BCUT2D eigenvalue weighted by Gasteiger charge is -2.09. The molecule has 0 aliphatic heterocycles. The molecule has 1 unspecified atom stereocenters. The normalized spacial score (nSPS) is 12.2. The molecule has 1 atom stereocenters. The minimum absolute atomic E-state index is 0.0805. The Morgan fingerprint density at radius 2 is 1.22 bits per heavy atom. The fourth-order valence-electron chi connectivity index (χ4n) is 1.47. The topological polar surface area (TPSA) is 57.5 Å². The van der Waals surface area contributed by atoms with E-state index >= 15 is 0 Å². The Bertz CT molecular complexity index is 704. The van der Waals surface area contributed by atoms with Gasteiger partial charge in [-0.1, -0.05) is 35.0 Å². The lowest BCUT2D eigenvalue weighted by molar-refractivity contribution is -0.176. The number of halogens is 6. The molecule has 0 radical (unpaired) electrons. The molecule has 2 N–H and O–H groups in total. The van der Waals surface area contributed by atoms with Gasteiger partial charge in [0.25, 0.3) is 5.25 Å². The van der Waals surface area contributed by atoms with Gasteiger partial charge in [0.1, 0.15) is 10.8 Å². The minimum Gasteiger partial charge on any atom is -0.255 e. The highest BCUT2D eigenvalue weighted by Gasteiger charge is 2.31. The molecule has 0 aliphatic carbocycles. The summed E-state index contributed by atoms with van der Waals surface area (Å²) >= 11 is 11.6. The van der Waals surface area contributed by atoms with Crippen LogP contribution in [-0.4, -0.2) is 25.2 Å². The Kier molecular flexibility index (Phi) is 11.5. The van der Waals surface area contributed by atoms with Crippen LogP contribution in [0.3, 0.4) is 0 Å². The van der Waals surface area contributed by atoms with Gasteiger partial charge in [-0.25, -0.2) is 4.21 Å². The van der Waals surface area contributed by atoms with Gasteiger partial charge >= 0.3 is 5.25 Å². The summed E-state index contributed by atoms with van der Waals surface area (Å²) in [5, 5.41) is 7.04. The van der Waals surface area contributed by atoms with E-state index in [2.05, 4.69) is 0 Å². The Morgan fingerprint density at radius 3 is 1.56 bits per heavy atom. The van der Waals surface area contributed by atoms with Gasteiger partial charge in [-0.05, 0) is 48.5 Å². The summed E-state index contributed by atoms with van der Waals surface area (Å²) in [6, 6.07) is 11.9. The maximum absolute atomic E-state index is 12.6. The first-order valence-corrected chi connectivity index (χ1v) is 9.68. The molecule has 2 aromatic rings. The second-order valence-corrected chi connectivity index (χ2v) is 8.89. The largest absolute Gasteiger partial charge is 0.322 e. The quantitative estimate of drug-likeness (QED) is 0.218. The van der Waals surface area contributed by atoms with E-state index in [4.69, 9.17) is 33.7 Å². The van der Waals surface area contributed by atoms with E-state index in [1.54, 1.807) is 24.3 Å². The van der Waals surface area contributed by atoms with Gasteiger partial charge in [0.2, 0.25) is 0 Å². The van der Waals surface area contributed by atoms with Crippen molar-refractivity contribution in [1.82, 2.24) is 0 Å². The monoisotopic (exact) mass is 466 g/mol. The van der Waals surface area contributed by atoms with Crippen LogP contribution in [-0.2, 0) is 10.8 Å². The molecule has 2 rings (SSSR count). The number of benzene rings is 2. The zero-order valence-electron chi connectivity index (χ0n) is 14.0. The van der Waals surface area contributed by atoms with Crippen LogP contribution in [0.1, 0.15) is 13.8 Å². The van der Waals surface area contributed by atoms with E-state index < -0.39 is 21.3 Å². The fourth-order valence-corrected chi connectivity index (χ4v) is 3.21. The summed E-state index contributed by atoms with van der Waals surface area (Å²) in [5.41, 5.74) is 0. The summed E-state index contributed by atoms with van der Waals surface area (Å²) in [6.07, 6.45) is 0. The summed E-state index contributed by atoms with van der Waals surface area (Å²) in [6.45, 7) is 1.49. The lowest BCUT2D eigenvalue weighted by Crippen LogP contribution is -2.17. The standard InChI is InChI=1S/C8H7ClF2OS.C8H7ClF2S.H2O2/c1-8(10,11)13(12)7-4-2-6(9)3-5-7;1-8(10,11)12-7-4-2-6(9)3-5-7;1-2/h2-5H,1H3;2-5H,1H3;1-2H. The summed E-state index contributed by atoms with van der Waals surface area (Å²) in [5.74, 6) is 0. The second-order valence-electron chi connectivity index (χ2n) is 4.89. The van der Waals surface area contributed by atoms with E-state index in [0.717, 1.165) is 6.92 Å². The third-order valence-corrected chi connectivity index (χ3v) is 5.19. The van der Waals surface area contributed by atoms with Crippen molar-refractivity contribution in [3.8, 4) is 0 Å². The first kappa shape index (κ1) is 26.2. The number of rotatable bonds is 4. The maximum Gasteiger partial charge on any atom is 0.322 e. The third-order valence-electron chi connectivity index (χ3n) is 2.46. The highest BCUT2D eigenvalue weighted by atomic mass is 35.5. The van der Waals surface area contributed by atoms with E-state index in [9.17, 15) is 21.8 Å². The van der Waals surface area contributed by atoms with Gasteiger partial charge in [-0.15, -0.1) is 0 Å².